The van der Waals surface area contributed by atoms with Crippen LogP contribution in [0.25, 0.3) is 0 Å². The molecule has 134 valence electrons. The van der Waals surface area contributed by atoms with Crippen molar-refractivity contribution < 1.29 is 9.59 Å². The Balaban J connectivity index is 2.93. The minimum absolute atomic E-state index is 0.00499. The summed E-state index contributed by atoms with van der Waals surface area (Å²) in [6, 6.07) is 6.18. The molecule has 2 amide bonds. The van der Waals surface area contributed by atoms with Gasteiger partial charge in [0.15, 0.2) is 0 Å². The molecule has 1 aromatic carbocycles. The van der Waals surface area contributed by atoms with Crippen molar-refractivity contribution in [3.8, 4) is 0 Å². The van der Waals surface area contributed by atoms with Crippen molar-refractivity contribution in [1.82, 2.24) is 4.90 Å². The maximum Gasteiger partial charge on any atom is 0.224 e. The second-order valence-corrected chi connectivity index (χ2v) is 6.22. The average Bonchev–Trinajstić information content (AvgIpc) is 2.59. The van der Waals surface area contributed by atoms with Gasteiger partial charge in [-0.2, -0.15) is 0 Å². The van der Waals surface area contributed by atoms with E-state index >= 15 is 0 Å². The minimum Gasteiger partial charge on any atom is -0.346 e. The first-order chi connectivity index (χ1) is 11.5. The number of carbonyl (C=O) groups excluding carboxylic acids is 2. The van der Waals surface area contributed by atoms with Crippen LogP contribution in [0.3, 0.4) is 0 Å². The number of para-hydroxylation sites is 1. The molecule has 0 heterocycles. The summed E-state index contributed by atoms with van der Waals surface area (Å²) in [5.74, 6) is 0.0938. The molecule has 0 radical (unpaired) electrons. The van der Waals surface area contributed by atoms with Gasteiger partial charge in [-0.1, -0.05) is 45.4 Å². The van der Waals surface area contributed by atoms with Crippen molar-refractivity contribution in [3.05, 3.63) is 29.3 Å². The van der Waals surface area contributed by atoms with Crippen molar-refractivity contribution in [2.45, 2.75) is 59.8 Å². The van der Waals surface area contributed by atoms with E-state index in [1.54, 1.807) is 16.7 Å². The van der Waals surface area contributed by atoms with Crippen LogP contribution in [0.15, 0.2) is 18.2 Å². The van der Waals surface area contributed by atoms with E-state index in [9.17, 15) is 9.59 Å². The van der Waals surface area contributed by atoms with Gasteiger partial charge in [0.05, 0.1) is 0 Å². The lowest BCUT2D eigenvalue weighted by molar-refractivity contribution is -0.129. The highest BCUT2D eigenvalue weighted by atomic mass is 16.2. The molecule has 0 saturated carbocycles. The van der Waals surface area contributed by atoms with Crippen LogP contribution in [-0.2, 0) is 22.4 Å². The summed E-state index contributed by atoms with van der Waals surface area (Å²) in [7, 11) is 1.84. The Morgan fingerprint density at radius 3 is 2.04 bits per heavy atom. The van der Waals surface area contributed by atoms with Gasteiger partial charge in [-0.05, 0) is 30.4 Å². The van der Waals surface area contributed by atoms with Crippen LogP contribution in [0.1, 0.15) is 58.1 Å². The van der Waals surface area contributed by atoms with Gasteiger partial charge >= 0.3 is 0 Å². The number of hydrogen-bond acceptors (Lipinski definition) is 2. The summed E-state index contributed by atoms with van der Waals surface area (Å²) >= 11 is 0. The van der Waals surface area contributed by atoms with E-state index in [-0.39, 0.29) is 11.8 Å². The standard InChI is InChI=1S/C20H32N2O2/c1-6-9-14-21(5)19(24)13-15-22(16(4)23)20-17(7-2)11-10-12-18(20)8-3/h10-12H,6-9,13-15H2,1-5H3. The number of benzene rings is 1. The quantitative estimate of drug-likeness (QED) is 0.690. The lowest BCUT2D eigenvalue weighted by Gasteiger charge is -2.27. The molecule has 0 aliphatic rings. The van der Waals surface area contributed by atoms with Crippen LogP contribution >= 0.6 is 0 Å². The summed E-state index contributed by atoms with van der Waals surface area (Å²) in [5, 5.41) is 0. The van der Waals surface area contributed by atoms with Crippen LogP contribution in [0, 0.1) is 0 Å². The number of unbranched alkanes of at least 4 members (excludes halogenated alkanes) is 1. The molecule has 0 unspecified atom stereocenters. The Labute approximate surface area is 146 Å². The van der Waals surface area contributed by atoms with Crippen LogP contribution in [0.4, 0.5) is 5.69 Å². The zero-order chi connectivity index (χ0) is 18.1. The monoisotopic (exact) mass is 332 g/mol. The smallest absolute Gasteiger partial charge is 0.224 e. The third-order valence-corrected chi connectivity index (χ3v) is 4.44. The summed E-state index contributed by atoms with van der Waals surface area (Å²) in [6.45, 7) is 9.11. The molecule has 0 N–H and O–H groups in total. The number of carbonyl (C=O) groups is 2. The molecule has 0 aliphatic carbocycles. The first-order valence-corrected chi connectivity index (χ1v) is 9.08. The maximum absolute atomic E-state index is 12.3. The SMILES string of the molecule is CCCCN(C)C(=O)CCN(C(C)=O)c1c(CC)cccc1CC. The number of amides is 2. The van der Waals surface area contributed by atoms with Crippen LogP contribution in [-0.4, -0.2) is 36.9 Å². The van der Waals surface area contributed by atoms with Crippen LogP contribution < -0.4 is 4.90 Å². The fourth-order valence-electron chi connectivity index (χ4n) is 2.91. The number of hydrogen-bond donors (Lipinski definition) is 0. The highest BCUT2D eigenvalue weighted by molar-refractivity contribution is 5.94. The third kappa shape index (κ3) is 5.36. The van der Waals surface area contributed by atoms with Gasteiger partial charge in [0.25, 0.3) is 0 Å². The molecular weight excluding hydrogens is 300 g/mol. The van der Waals surface area contributed by atoms with E-state index in [0.717, 1.165) is 49.0 Å². The Morgan fingerprint density at radius 1 is 1.00 bits per heavy atom. The zero-order valence-corrected chi connectivity index (χ0v) is 15.9. The van der Waals surface area contributed by atoms with Gasteiger partial charge in [-0.3, -0.25) is 9.59 Å². The third-order valence-electron chi connectivity index (χ3n) is 4.44. The summed E-state index contributed by atoms with van der Waals surface area (Å²) in [6.07, 6.45) is 4.19. The fraction of sp³-hybridized carbons (Fsp3) is 0.600. The number of rotatable bonds is 9. The van der Waals surface area contributed by atoms with Crippen molar-refractivity contribution in [2.24, 2.45) is 0 Å². The van der Waals surface area contributed by atoms with Crippen molar-refractivity contribution in [1.29, 1.82) is 0 Å². The molecule has 0 saturated heterocycles. The molecule has 0 fully saturated rings. The number of anilines is 1. The van der Waals surface area contributed by atoms with E-state index in [1.165, 1.54) is 0 Å². The topological polar surface area (TPSA) is 40.6 Å². The Morgan fingerprint density at radius 2 is 1.58 bits per heavy atom. The Bertz CT molecular complexity index is 532. The highest BCUT2D eigenvalue weighted by Crippen LogP contribution is 2.27. The van der Waals surface area contributed by atoms with Crippen LogP contribution in [0.2, 0.25) is 0 Å². The van der Waals surface area contributed by atoms with Gasteiger partial charge < -0.3 is 9.80 Å². The van der Waals surface area contributed by atoms with E-state index in [0.29, 0.717) is 13.0 Å². The van der Waals surface area contributed by atoms with Gasteiger partial charge in [-0.25, -0.2) is 0 Å². The predicted octanol–water partition coefficient (Wildman–Crippen LogP) is 3.81. The number of nitrogens with zero attached hydrogens (tertiary/aromatic N) is 2. The Kier molecular flexibility index (Phi) is 8.51. The molecule has 0 aliphatic heterocycles. The van der Waals surface area contributed by atoms with E-state index in [4.69, 9.17) is 0 Å². The lowest BCUT2D eigenvalue weighted by Crippen LogP contribution is -2.36. The first kappa shape index (κ1) is 20.2. The molecule has 24 heavy (non-hydrogen) atoms. The summed E-state index contributed by atoms with van der Waals surface area (Å²) in [4.78, 5) is 28.1. The molecule has 4 nitrogen and oxygen atoms in total. The second kappa shape index (κ2) is 10.1. The molecular formula is C20H32N2O2. The van der Waals surface area contributed by atoms with Crippen LogP contribution in [0.5, 0.6) is 0 Å². The molecule has 0 bridgehead atoms. The van der Waals surface area contributed by atoms with Gasteiger partial charge in [0, 0.05) is 39.2 Å². The average molecular weight is 332 g/mol. The summed E-state index contributed by atoms with van der Waals surface area (Å²) in [5.41, 5.74) is 3.33. The van der Waals surface area contributed by atoms with Gasteiger partial charge in [0.1, 0.15) is 0 Å². The molecule has 4 heteroatoms. The molecule has 0 spiro atoms. The van der Waals surface area contributed by atoms with Crippen molar-refractivity contribution in [3.63, 3.8) is 0 Å². The normalized spacial score (nSPS) is 10.5. The first-order valence-electron chi connectivity index (χ1n) is 9.08. The van der Waals surface area contributed by atoms with E-state index < -0.39 is 0 Å². The minimum atomic E-state index is -0.00499. The Hall–Kier alpha value is -1.84. The second-order valence-electron chi connectivity index (χ2n) is 6.22. The highest BCUT2D eigenvalue weighted by Gasteiger charge is 2.19. The molecule has 0 aromatic heterocycles. The zero-order valence-electron chi connectivity index (χ0n) is 15.9. The van der Waals surface area contributed by atoms with E-state index in [1.807, 2.05) is 13.1 Å². The van der Waals surface area contributed by atoms with Gasteiger partial charge in [0.2, 0.25) is 11.8 Å². The van der Waals surface area contributed by atoms with Crippen molar-refractivity contribution in [2.75, 3.05) is 25.0 Å². The molecule has 1 rings (SSSR count). The fourth-order valence-corrected chi connectivity index (χ4v) is 2.91. The van der Waals surface area contributed by atoms with Crippen molar-refractivity contribution >= 4 is 17.5 Å². The maximum atomic E-state index is 12.3. The predicted molar refractivity (Wildman–Crippen MR) is 100 cm³/mol. The molecule has 0 atom stereocenters. The largest absolute Gasteiger partial charge is 0.346 e. The molecule has 1 aromatic rings. The number of aryl methyl sites for hydroxylation is 2. The van der Waals surface area contributed by atoms with E-state index in [2.05, 4.69) is 32.9 Å². The van der Waals surface area contributed by atoms with Gasteiger partial charge in [-0.15, -0.1) is 0 Å². The summed E-state index contributed by atoms with van der Waals surface area (Å²) < 4.78 is 0. The lowest BCUT2D eigenvalue weighted by atomic mass is 10.0.